The fourth-order valence-corrected chi connectivity index (χ4v) is 6.77. The summed E-state index contributed by atoms with van der Waals surface area (Å²) < 4.78 is 19.1. The van der Waals surface area contributed by atoms with Crippen LogP contribution in [-0.2, 0) is 29.0 Å². The minimum absolute atomic E-state index is 0.00489. The van der Waals surface area contributed by atoms with Gasteiger partial charge in [-0.15, -0.1) is 0 Å². The third-order valence-electron chi connectivity index (χ3n) is 9.29. The monoisotopic (exact) mass is 626 g/mol. The van der Waals surface area contributed by atoms with Crippen molar-refractivity contribution in [2.24, 2.45) is 5.92 Å². The van der Waals surface area contributed by atoms with E-state index in [9.17, 15) is 24.9 Å². The molecule has 3 heterocycles. The molecule has 0 saturated heterocycles. The number of nitrogens with zero attached hydrogens (tertiary/aromatic N) is 1. The quantitative estimate of drug-likeness (QED) is 0.140. The van der Waals surface area contributed by atoms with Gasteiger partial charge in [0.2, 0.25) is 0 Å². The standard InChI is InChI=1S/C36H38N2O8/c1-3-25(21-7-4-5-8-21)35(43)45-28-17-26-32(42)31-27(41)16-24(19-39)44-34(31)30(22-9-6-10-23(40)15-22)33(26)46-36(28,2)14-13-20-11-12-29(37)38-18-20/h3,6,9-12,15-16,18,21,28,39-40,42H,4-5,7-8,13-14,17,19H2,1-2H3,(H2,37,38). The molecule has 240 valence electrons. The first-order valence-corrected chi connectivity index (χ1v) is 15.6. The number of hydrogen-bond donors (Lipinski definition) is 4. The maximum absolute atomic E-state index is 13.7. The van der Waals surface area contributed by atoms with E-state index in [1.165, 1.54) is 12.1 Å². The van der Waals surface area contributed by atoms with Crippen LogP contribution in [0.4, 0.5) is 5.82 Å². The predicted octanol–water partition coefficient (Wildman–Crippen LogP) is 5.72. The number of aliphatic hydroxyl groups is 1. The van der Waals surface area contributed by atoms with Crippen molar-refractivity contribution in [1.29, 1.82) is 0 Å². The zero-order valence-corrected chi connectivity index (χ0v) is 25.9. The van der Waals surface area contributed by atoms with Gasteiger partial charge in [0, 0.05) is 29.8 Å². The smallest absolute Gasteiger partial charge is 0.334 e. The second-order valence-electron chi connectivity index (χ2n) is 12.4. The summed E-state index contributed by atoms with van der Waals surface area (Å²) in [6.45, 7) is 3.16. The van der Waals surface area contributed by atoms with Crippen molar-refractivity contribution in [2.45, 2.75) is 77.1 Å². The Labute approximate surface area is 266 Å². The van der Waals surface area contributed by atoms with Crippen molar-refractivity contribution in [1.82, 2.24) is 4.98 Å². The van der Waals surface area contributed by atoms with Gasteiger partial charge >= 0.3 is 5.97 Å². The summed E-state index contributed by atoms with van der Waals surface area (Å²) in [6, 6.07) is 11.1. The first-order valence-electron chi connectivity index (χ1n) is 15.6. The minimum Gasteiger partial charge on any atom is -0.508 e. The predicted molar refractivity (Wildman–Crippen MR) is 172 cm³/mol. The summed E-state index contributed by atoms with van der Waals surface area (Å²) in [5, 5.41) is 31.8. The maximum Gasteiger partial charge on any atom is 0.334 e. The molecule has 2 atom stereocenters. The molecule has 2 aromatic heterocycles. The number of fused-ring (bicyclic) bond motifs is 2. The Bertz CT molecular complexity index is 1870. The van der Waals surface area contributed by atoms with Crippen molar-refractivity contribution >= 4 is 22.8 Å². The third-order valence-corrected chi connectivity index (χ3v) is 9.29. The lowest BCUT2D eigenvalue weighted by Crippen LogP contribution is -2.52. The zero-order chi connectivity index (χ0) is 32.6. The summed E-state index contributed by atoms with van der Waals surface area (Å²) in [5.41, 5.74) is 6.76. The number of rotatable bonds is 8. The number of benzene rings is 2. The number of aliphatic hydroxyl groups excluding tert-OH is 1. The Morgan fingerprint density at radius 2 is 1.96 bits per heavy atom. The van der Waals surface area contributed by atoms with Gasteiger partial charge in [-0.2, -0.15) is 0 Å². The van der Waals surface area contributed by atoms with Gasteiger partial charge in [0.1, 0.15) is 52.5 Å². The minimum atomic E-state index is -1.11. The van der Waals surface area contributed by atoms with Gasteiger partial charge in [-0.05, 0) is 74.8 Å². The summed E-state index contributed by atoms with van der Waals surface area (Å²) in [7, 11) is 0. The number of esters is 1. The lowest BCUT2D eigenvalue weighted by molar-refractivity contribution is -0.159. The van der Waals surface area contributed by atoms with Gasteiger partial charge in [-0.1, -0.05) is 37.1 Å². The molecular formula is C36H38N2O8. The van der Waals surface area contributed by atoms with Crippen LogP contribution < -0.4 is 15.9 Å². The number of aromatic nitrogens is 1. The molecule has 4 aromatic rings. The molecule has 0 bridgehead atoms. The van der Waals surface area contributed by atoms with E-state index in [0.717, 1.165) is 37.3 Å². The van der Waals surface area contributed by atoms with Gasteiger partial charge in [-0.25, -0.2) is 9.78 Å². The highest BCUT2D eigenvalue weighted by Crippen LogP contribution is 2.51. The molecule has 1 saturated carbocycles. The van der Waals surface area contributed by atoms with Crippen molar-refractivity contribution in [3.05, 3.63) is 87.4 Å². The Hall–Kier alpha value is -4.83. The van der Waals surface area contributed by atoms with Gasteiger partial charge in [-0.3, -0.25) is 4.79 Å². The first kappa shape index (κ1) is 31.2. The van der Waals surface area contributed by atoms with Crippen molar-refractivity contribution in [2.75, 3.05) is 5.73 Å². The number of carbonyl (C=O) groups excluding carboxylic acids is 1. The summed E-state index contributed by atoms with van der Waals surface area (Å²) in [5.74, 6) is -0.0299. The van der Waals surface area contributed by atoms with Crippen LogP contribution in [0.1, 0.15) is 62.8 Å². The molecule has 2 unspecified atom stereocenters. The SMILES string of the molecule is CC=C(C(=O)OC1Cc2c(c(-c3cccc(O)c3)c3oc(CO)cc(=O)c3c2O)OC1(C)CCc1ccc(N)nc1)C1CCCC1. The number of phenols is 2. The Morgan fingerprint density at radius 1 is 1.17 bits per heavy atom. The van der Waals surface area contributed by atoms with E-state index in [-0.39, 0.29) is 51.9 Å². The maximum atomic E-state index is 13.7. The van der Waals surface area contributed by atoms with E-state index in [1.807, 2.05) is 26.0 Å². The average molecular weight is 627 g/mol. The molecule has 10 heteroatoms. The fraction of sp³-hybridized carbons (Fsp3) is 0.361. The van der Waals surface area contributed by atoms with Crippen molar-refractivity contribution in [3.63, 3.8) is 0 Å². The molecule has 2 aromatic carbocycles. The highest BCUT2D eigenvalue weighted by molar-refractivity contribution is 6.01. The number of hydrogen-bond acceptors (Lipinski definition) is 10. The van der Waals surface area contributed by atoms with Gasteiger partial charge in [0.15, 0.2) is 11.0 Å². The first-order chi connectivity index (χ1) is 22.1. The summed E-state index contributed by atoms with van der Waals surface area (Å²) >= 11 is 0. The number of phenolic OH excluding ortho intramolecular Hbond substituents is 2. The molecule has 0 radical (unpaired) electrons. The van der Waals surface area contributed by atoms with Crippen LogP contribution in [0.15, 0.2) is 69.5 Å². The molecule has 46 heavy (non-hydrogen) atoms. The molecule has 0 amide bonds. The number of nitrogens with two attached hydrogens (primary N) is 1. The molecule has 5 N–H and O–H groups in total. The van der Waals surface area contributed by atoms with E-state index in [4.69, 9.17) is 19.6 Å². The van der Waals surface area contributed by atoms with E-state index < -0.39 is 29.7 Å². The number of pyridine rings is 1. The molecule has 6 rings (SSSR count). The highest BCUT2D eigenvalue weighted by atomic mass is 16.6. The van der Waals surface area contributed by atoms with Crippen LogP contribution in [0.25, 0.3) is 22.1 Å². The molecule has 1 fully saturated rings. The zero-order valence-electron chi connectivity index (χ0n) is 25.9. The fourth-order valence-electron chi connectivity index (χ4n) is 6.77. The lowest BCUT2D eigenvalue weighted by atomic mass is 9.82. The Morgan fingerprint density at radius 3 is 2.63 bits per heavy atom. The van der Waals surface area contributed by atoms with Crippen LogP contribution in [0.5, 0.6) is 17.2 Å². The van der Waals surface area contributed by atoms with E-state index in [1.54, 1.807) is 24.4 Å². The Kier molecular flexibility index (Phi) is 8.48. The largest absolute Gasteiger partial charge is 0.508 e. The van der Waals surface area contributed by atoms with Crippen LogP contribution in [0, 0.1) is 5.92 Å². The topological polar surface area (TPSA) is 165 Å². The second-order valence-corrected chi connectivity index (χ2v) is 12.4. The van der Waals surface area contributed by atoms with Gasteiger partial charge in [0.05, 0.1) is 5.56 Å². The molecule has 10 nitrogen and oxygen atoms in total. The molecule has 0 spiro atoms. The van der Waals surface area contributed by atoms with E-state index in [0.29, 0.717) is 35.4 Å². The molecule has 1 aliphatic carbocycles. The van der Waals surface area contributed by atoms with E-state index in [2.05, 4.69) is 4.98 Å². The van der Waals surface area contributed by atoms with Gasteiger partial charge < -0.3 is 34.9 Å². The number of ether oxygens (including phenoxy) is 2. The number of nitrogen functional groups attached to an aromatic ring is 1. The summed E-state index contributed by atoms with van der Waals surface area (Å²) in [6.07, 6.45) is 7.59. The number of aromatic hydroxyl groups is 2. The van der Waals surface area contributed by atoms with Crippen molar-refractivity contribution in [3.8, 4) is 28.4 Å². The van der Waals surface area contributed by atoms with E-state index >= 15 is 0 Å². The molecule has 2 aliphatic rings. The number of carbonyl (C=O) groups is 1. The lowest BCUT2D eigenvalue weighted by Gasteiger charge is -2.43. The molecule has 1 aliphatic heterocycles. The van der Waals surface area contributed by atoms with Crippen LogP contribution in [0.3, 0.4) is 0 Å². The highest BCUT2D eigenvalue weighted by Gasteiger charge is 2.47. The number of anilines is 1. The normalized spacial score (nSPS) is 20.0. The third kappa shape index (κ3) is 5.80. The van der Waals surface area contributed by atoms with Gasteiger partial charge in [0.25, 0.3) is 0 Å². The summed E-state index contributed by atoms with van der Waals surface area (Å²) in [4.78, 5) is 31.3. The number of allylic oxidation sites excluding steroid dienone is 1. The van der Waals surface area contributed by atoms with Crippen LogP contribution >= 0.6 is 0 Å². The number of aryl methyl sites for hydroxylation is 1. The van der Waals surface area contributed by atoms with Crippen molar-refractivity contribution < 1.29 is 34.0 Å². The van der Waals surface area contributed by atoms with Crippen LogP contribution in [-0.4, -0.2) is 38.0 Å². The molecular weight excluding hydrogens is 588 g/mol. The Balaban J connectivity index is 1.51. The average Bonchev–Trinajstić information content (AvgIpc) is 3.56. The van der Waals surface area contributed by atoms with Crippen LogP contribution in [0.2, 0.25) is 0 Å². The second kappa shape index (κ2) is 12.5.